The average Bonchev–Trinajstić information content (AvgIpc) is 2.78. The highest BCUT2D eigenvalue weighted by Gasteiger charge is 2.07. The van der Waals surface area contributed by atoms with Gasteiger partial charge in [-0.2, -0.15) is 0 Å². The summed E-state index contributed by atoms with van der Waals surface area (Å²) in [5, 5.41) is 10.4. The largest absolute Gasteiger partial charge is 0.426 e. The molecule has 0 bridgehead atoms. The maximum absolute atomic E-state index is 11.9. The van der Waals surface area contributed by atoms with Crippen molar-refractivity contribution in [1.29, 1.82) is 0 Å². The van der Waals surface area contributed by atoms with Gasteiger partial charge in [0.15, 0.2) is 0 Å². The summed E-state index contributed by atoms with van der Waals surface area (Å²) in [6.45, 7) is 6.24. The van der Waals surface area contributed by atoms with E-state index in [9.17, 15) is 4.79 Å². The second kappa shape index (κ2) is 5.65. The van der Waals surface area contributed by atoms with E-state index in [0.717, 1.165) is 5.56 Å². The topological polar surface area (TPSA) is 68.0 Å². The Kier molecular flexibility index (Phi) is 3.94. The van der Waals surface area contributed by atoms with Crippen LogP contribution in [-0.2, 0) is 6.42 Å². The maximum atomic E-state index is 11.9. The van der Waals surface area contributed by atoms with Crippen molar-refractivity contribution in [2.45, 2.75) is 27.2 Å². The Morgan fingerprint density at radius 1 is 1.21 bits per heavy atom. The quantitative estimate of drug-likeness (QED) is 0.911. The zero-order valence-corrected chi connectivity index (χ0v) is 11.4. The molecule has 0 aliphatic rings. The van der Waals surface area contributed by atoms with Crippen LogP contribution in [0.4, 0.5) is 0 Å². The second-order valence-electron chi connectivity index (χ2n) is 4.52. The lowest BCUT2D eigenvalue weighted by Crippen LogP contribution is -2.25. The van der Waals surface area contributed by atoms with E-state index in [1.807, 2.05) is 32.0 Å². The number of benzene rings is 1. The van der Waals surface area contributed by atoms with Gasteiger partial charge >= 0.3 is 0 Å². The third-order valence-electron chi connectivity index (χ3n) is 2.96. The fourth-order valence-corrected chi connectivity index (χ4v) is 1.71. The first-order chi connectivity index (χ1) is 9.06. The molecular formula is C14H17N3O2. The molecule has 0 unspecified atom stereocenters. The van der Waals surface area contributed by atoms with Gasteiger partial charge < -0.3 is 9.73 Å². The summed E-state index contributed by atoms with van der Waals surface area (Å²) in [7, 11) is 0. The molecule has 0 aliphatic heterocycles. The lowest BCUT2D eigenvalue weighted by atomic mass is 10.1. The first-order valence-electron chi connectivity index (χ1n) is 6.20. The van der Waals surface area contributed by atoms with E-state index >= 15 is 0 Å². The standard InChI is InChI=1S/C14H17N3O2/c1-9-4-5-12(8-10(9)2)14(18)15-7-6-13-17-16-11(3)19-13/h4-5,8H,6-7H2,1-3H3,(H,15,18). The molecule has 5 nitrogen and oxygen atoms in total. The van der Waals surface area contributed by atoms with Crippen molar-refractivity contribution in [2.24, 2.45) is 0 Å². The third-order valence-corrected chi connectivity index (χ3v) is 2.96. The SMILES string of the molecule is Cc1nnc(CCNC(=O)c2ccc(C)c(C)c2)o1. The van der Waals surface area contributed by atoms with Gasteiger partial charge in [-0.05, 0) is 37.1 Å². The maximum Gasteiger partial charge on any atom is 0.251 e. The number of nitrogens with one attached hydrogen (secondary N) is 1. The monoisotopic (exact) mass is 259 g/mol. The summed E-state index contributed by atoms with van der Waals surface area (Å²) in [6, 6.07) is 5.67. The summed E-state index contributed by atoms with van der Waals surface area (Å²) in [6.07, 6.45) is 0.539. The zero-order chi connectivity index (χ0) is 13.8. The Bertz CT molecular complexity index is 590. The van der Waals surface area contributed by atoms with Gasteiger partial charge in [-0.25, -0.2) is 0 Å². The number of hydrogen-bond donors (Lipinski definition) is 1. The lowest BCUT2D eigenvalue weighted by molar-refractivity contribution is 0.0953. The van der Waals surface area contributed by atoms with Crippen molar-refractivity contribution in [3.05, 3.63) is 46.7 Å². The highest BCUT2D eigenvalue weighted by atomic mass is 16.4. The molecule has 1 aromatic heterocycles. The normalized spacial score (nSPS) is 10.5. The molecule has 2 rings (SSSR count). The van der Waals surface area contributed by atoms with E-state index in [1.165, 1.54) is 5.56 Å². The number of rotatable bonds is 4. The Labute approximate surface area is 112 Å². The van der Waals surface area contributed by atoms with E-state index < -0.39 is 0 Å². The van der Waals surface area contributed by atoms with Crippen molar-refractivity contribution in [3.63, 3.8) is 0 Å². The minimum absolute atomic E-state index is 0.0839. The van der Waals surface area contributed by atoms with Crippen LogP contribution in [0.15, 0.2) is 22.6 Å². The van der Waals surface area contributed by atoms with Crippen molar-refractivity contribution in [1.82, 2.24) is 15.5 Å². The predicted molar refractivity (Wildman–Crippen MR) is 71.0 cm³/mol. The molecule has 1 N–H and O–H groups in total. The first kappa shape index (κ1) is 13.3. The molecule has 0 fully saturated rings. The number of aromatic nitrogens is 2. The number of carbonyl (C=O) groups excluding carboxylic acids is 1. The molecule has 19 heavy (non-hydrogen) atoms. The van der Waals surface area contributed by atoms with Crippen molar-refractivity contribution in [3.8, 4) is 0 Å². The van der Waals surface area contributed by atoms with Crippen LogP contribution in [0.25, 0.3) is 0 Å². The van der Waals surface area contributed by atoms with Gasteiger partial charge in [0, 0.05) is 25.5 Å². The highest BCUT2D eigenvalue weighted by Crippen LogP contribution is 2.09. The molecule has 0 atom stereocenters. The van der Waals surface area contributed by atoms with Gasteiger partial charge in [0.25, 0.3) is 5.91 Å². The van der Waals surface area contributed by atoms with Crippen LogP contribution >= 0.6 is 0 Å². The van der Waals surface area contributed by atoms with Crippen LogP contribution in [-0.4, -0.2) is 22.6 Å². The fourth-order valence-electron chi connectivity index (χ4n) is 1.71. The van der Waals surface area contributed by atoms with Gasteiger partial charge in [0.1, 0.15) is 0 Å². The molecule has 1 amide bonds. The van der Waals surface area contributed by atoms with Crippen LogP contribution in [0.1, 0.15) is 33.3 Å². The van der Waals surface area contributed by atoms with Crippen LogP contribution in [0.5, 0.6) is 0 Å². The van der Waals surface area contributed by atoms with Crippen molar-refractivity contribution >= 4 is 5.91 Å². The summed E-state index contributed by atoms with van der Waals surface area (Å²) in [5.41, 5.74) is 2.96. The van der Waals surface area contributed by atoms with E-state index in [2.05, 4.69) is 15.5 Å². The zero-order valence-electron chi connectivity index (χ0n) is 11.4. The number of aryl methyl sites for hydroxylation is 3. The van der Waals surface area contributed by atoms with Crippen molar-refractivity contribution < 1.29 is 9.21 Å². The van der Waals surface area contributed by atoms with E-state index in [4.69, 9.17) is 4.42 Å². The molecule has 0 saturated heterocycles. The lowest BCUT2D eigenvalue weighted by Gasteiger charge is -2.06. The molecule has 2 aromatic rings. The molecular weight excluding hydrogens is 242 g/mol. The third kappa shape index (κ3) is 3.40. The highest BCUT2D eigenvalue weighted by molar-refractivity contribution is 5.94. The molecule has 0 saturated carbocycles. The Hall–Kier alpha value is -2.17. The minimum Gasteiger partial charge on any atom is -0.426 e. The molecule has 1 aromatic carbocycles. The Balaban J connectivity index is 1.89. The van der Waals surface area contributed by atoms with E-state index in [0.29, 0.717) is 30.3 Å². The van der Waals surface area contributed by atoms with Crippen LogP contribution < -0.4 is 5.32 Å². The first-order valence-corrected chi connectivity index (χ1v) is 6.20. The number of hydrogen-bond acceptors (Lipinski definition) is 4. The van der Waals surface area contributed by atoms with Gasteiger partial charge in [0.05, 0.1) is 0 Å². The molecule has 100 valence electrons. The van der Waals surface area contributed by atoms with Gasteiger partial charge in [-0.1, -0.05) is 6.07 Å². The summed E-state index contributed by atoms with van der Waals surface area (Å²) >= 11 is 0. The van der Waals surface area contributed by atoms with Gasteiger partial charge in [-0.3, -0.25) is 4.79 Å². The molecule has 1 heterocycles. The summed E-state index contributed by atoms with van der Waals surface area (Å²) < 4.78 is 5.23. The molecule has 0 spiro atoms. The van der Waals surface area contributed by atoms with Gasteiger partial charge in [-0.15, -0.1) is 10.2 Å². The van der Waals surface area contributed by atoms with Crippen molar-refractivity contribution in [2.75, 3.05) is 6.54 Å². The average molecular weight is 259 g/mol. The smallest absolute Gasteiger partial charge is 0.251 e. The van der Waals surface area contributed by atoms with E-state index in [-0.39, 0.29) is 5.91 Å². The number of carbonyl (C=O) groups is 1. The van der Waals surface area contributed by atoms with Crippen LogP contribution in [0.3, 0.4) is 0 Å². The Morgan fingerprint density at radius 2 is 2.00 bits per heavy atom. The molecule has 5 heteroatoms. The van der Waals surface area contributed by atoms with Crippen LogP contribution in [0.2, 0.25) is 0 Å². The van der Waals surface area contributed by atoms with E-state index in [1.54, 1.807) is 6.92 Å². The number of nitrogens with zero attached hydrogens (tertiary/aromatic N) is 2. The molecule has 0 aliphatic carbocycles. The fraction of sp³-hybridized carbons (Fsp3) is 0.357. The van der Waals surface area contributed by atoms with Gasteiger partial charge in [0.2, 0.25) is 11.8 Å². The Morgan fingerprint density at radius 3 is 2.63 bits per heavy atom. The summed E-state index contributed by atoms with van der Waals surface area (Å²) in [4.78, 5) is 11.9. The number of amides is 1. The second-order valence-corrected chi connectivity index (χ2v) is 4.52. The molecule has 0 radical (unpaired) electrons. The predicted octanol–water partition coefficient (Wildman–Crippen LogP) is 1.97. The van der Waals surface area contributed by atoms with Crippen LogP contribution in [0, 0.1) is 20.8 Å². The minimum atomic E-state index is -0.0839. The summed E-state index contributed by atoms with van der Waals surface area (Å²) in [5.74, 6) is 0.993.